The van der Waals surface area contributed by atoms with E-state index in [1.54, 1.807) is 6.92 Å². The number of nitrogens with zero attached hydrogens (tertiary/aromatic N) is 1. The first kappa shape index (κ1) is 12.2. The molecule has 1 N–H and O–H groups in total. The van der Waals surface area contributed by atoms with Crippen LogP contribution in [-0.4, -0.2) is 35.6 Å². The monoisotopic (exact) mass is 211 g/mol. The van der Waals surface area contributed by atoms with Gasteiger partial charge in [-0.05, 0) is 38.8 Å². The van der Waals surface area contributed by atoms with Crippen molar-refractivity contribution in [3.05, 3.63) is 11.6 Å². The summed E-state index contributed by atoms with van der Waals surface area (Å²) in [7, 11) is 0. The molecule has 1 aliphatic heterocycles. The second-order valence-corrected chi connectivity index (χ2v) is 4.34. The van der Waals surface area contributed by atoms with Crippen LogP contribution in [0, 0.1) is 5.92 Å². The topological polar surface area (TPSA) is 40.5 Å². The van der Waals surface area contributed by atoms with Crippen molar-refractivity contribution in [2.24, 2.45) is 5.92 Å². The first-order chi connectivity index (χ1) is 7.13. The second kappa shape index (κ2) is 5.91. The fraction of sp³-hybridized carbons (Fsp3) is 0.750. The van der Waals surface area contributed by atoms with Crippen molar-refractivity contribution in [2.75, 3.05) is 19.6 Å². The minimum atomic E-state index is -0.807. The molecule has 1 aliphatic rings. The average molecular weight is 211 g/mol. The molecule has 0 saturated carbocycles. The molecule has 86 valence electrons. The zero-order valence-corrected chi connectivity index (χ0v) is 9.70. The van der Waals surface area contributed by atoms with Gasteiger partial charge in [-0.3, -0.25) is 4.90 Å². The Hall–Kier alpha value is -0.830. The molecule has 0 radical (unpaired) electrons. The number of likely N-dealkylation sites (tertiary alicyclic amines) is 1. The summed E-state index contributed by atoms with van der Waals surface area (Å²) in [6.45, 7) is 6.91. The first-order valence-electron chi connectivity index (χ1n) is 5.76. The Labute approximate surface area is 91.8 Å². The van der Waals surface area contributed by atoms with Crippen molar-refractivity contribution >= 4 is 5.97 Å². The Morgan fingerprint density at radius 2 is 2.07 bits per heavy atom. The molecule has 0 aromatic carbocycles. The lowest BCUT2D eigenvalue weighted by atomic mass is 9.94. The van der Waals surface area contributed by atoms with Crippen LogP contribution in [0.4, 0.5) is 0 Å². The Kier molecular flexibility index (Phi) is 4.82. The third kappa shape index (κ3) is 4.04. The summed E-state index contributed by atoms with van der Waals surface area (Å²) < 4.78 is 0. The summed E-state index contributed by atoms with van der Waals surface area (Å²) in [4.78, 5) is 12.9. The first-order valence-corrected chi connectivity index (χ1v) is 5.76. The highest BCUT2D eigenvalue weighted by Gasteiger charge is 2.16. The SMILES string of the molecule is CCC1CCN(CC=C(C)C(=O)O)CC1. The van der Waals surface area contributed by atoms with Gasteiger partial charge >= 0.3 is 5.97 Å². The van der Waals surface area contributed by atoms with Gasteiger partial charge in [0.15, 0.2) is 0 Å². The molecule has 0 aromatic heterocycles. The quantitative estimate of drug-likeness (QED) is 0.724. The predicted octanol–water partition coefficient (Wildman–Crippen LogP) is 2.14. The number of carboxylic acids is 1. The molecule has 0 aromatic rings. The smallest absolute Gasteiger partial charge is 0.330 e. The van der Waals surface area contributed by atoms with Crippen LogP contribution >= 0.6 is 0 Å². The van der Waals surface area contributed by atoms with Crippen LogP contribution in [0.1, 0.15) is 33.1 Å². The second-order valence-electron chi connectivity index (χ2n) is 4.34. The standard InChI is InChI=1S/C12H21NO2/c1-3-11-5-8-13(9-6-11)7-4-10(2)12(14)15/h4,11H,3,5-9H2,1-2H3,(H,14,15). The van der Waals surface area contributed by atoms with Crippen molar-refractivity contribution in [2.45, 2.75) is 33.1 Å². The van der Waals surface area contributed by atoms with E-state index in [0.717, 1.165) is 25.6 Å². The molecule has 1 saturated heterocycles. The summed E-state index contributed by atoms with van der Waals surface area (Å²) >= 11 is 0. The van der Waals surface area contributed by atoms with Gasteiger partial charge in [0.1, 0.15) is 0 Å². The van der Waals surface area contributed by atoms with E-state index in [9.17, 15) is 4.79 Å². The van der Waals surface area contributed by atoms with E-state index in [4.69, 9.17) is 5.11 Å². The molecule has 15 heavy (non-hydrogen) atoms. The Bertz CT molecular complexity index is 240. The van der Waals surface area contributed by atoms with E-state index in [1.807, 2.05) is 6.08 Å². The maximum Gasteiger partial charge on any atom is 0.330 e. The average Bonchev–Trinajstić information content (AvgIpc) is 2.26. The van der Waals surface area contributed by atoms with E-state index in [1.165, 1.54) is 19.3 Å². The highest BCUT2D eigenvalue weighted by Crippen LogP contribution is 2.19. The van der Waals surface area contributed by atoms with Crippen LogP contribution in [0.15, 0.2) is 11.6 Å². The van der Waals surface area contributed by atoms with Gasteiger partial charge < -0.3 is 5.11 Å². The van der Waals surface area contributed by atoms with E-state index in [-0.39, 0.29) is 0 Å². The van der Waals surface area contributed by atoms with Gasteiger partial charge in [-0.15, -0.1) is 0 Å². The van der Waals surface area contributed by atoms with Crippen LogP contribution in [-0.2, 0) is 4.79 Å². The molecule has 0 amide bonds. The van der Waals surface area contributed by atoms with Gasteiger partial charge in [0.25, 0.3) is 0 Å². The zero-order valence-electron chi connectivity index (χ0n) is 9.70. The summed E-state index contributed by atoms with van der Waals surface area (Å²) in [5.41, 5.74) is 0.451. The van der Waals surface area contributed by atoms with E-state index >= 15 is 0 Å². The van der Waals surface area contributed by atoms with Crippen LogP contribution in [0.25, 0.3) is 0 Å². The van der Waals surface area contributed by atoms with Crippen LogP contribution in [0.5, 0.6) is 0 Å². The van der Waals surface area contributed by atoms with Gasteiger partial charge in [-0.1, -0.05) is 19.4 Å². The maximum absolute atomic E-state index is 10.6. The van der Waals surface area contributed by atoms with Crippen molar-refractivity contribution in [1.29, 1.82) is 0 Å². The van der Waals surface area contributed by atoms with Crippen molar-refractivity contribution in [3.63, 3.8) is 0 Å². The molecular formula is C12H21NO2. The van der Waals surface area contributed by atoms with Gasteiger partial charge in [0.2, 0.25) is 0 Å². The number of hydrogen-bond donors (Lipinski definition) is 1. The Morgan fingerprint density at radius 1 is 1.47 bits per heavy atom. The molecule has 1 heterocycles. The van der Waals surface area contributed by atoms with Crippen molar-refractivity contribution in [1.82, 2.24) is 4.90 Å². The minimum absolute atomic E-state index is 0.451. The van der Waals surface area contributed by atoms with E-state index in [2.05, 4.69) is 11.8 Å². The van der Waals surface area contributed by atoms with Crippen LogP contribution in [0.2, 0.25) is 0 Å². The molecule has 3 heteroatoms. The maximum atomic E-state index is 10.6. The number of carboxylic acid groups (broad SMARTS) is 1. The fourth-order valence-electron chi connectivity index (χ4n) is 1.93. The molecule has 0 bridgehead atoms. The Balaban J connectivity index is 2.30. The van der Waals surface area contributed by atoms with Gasteiger partial charge in [0, 0.05) is 12.1 Å². The van der Waals surface area contributed by atoms with Gasteiger partial charge in [-0.2, -0.15) is 0 Å². The molecule has 1 fully saturated rings. The molecule has 0 unspecified atom stereocenters. The van der Waals surface area contributed by atoms with Crippen LogP contribution in [0.3, 0.4) is 0 Å². The summed E-state index contributed by atoms with van der Waals surface area (Å²) in [5.74, 6) is 0.0734. The normalized spacial score (nSPS) is 20.5. The lowest BCUT2D eigenvalue weighted by molar-refractivity contribution is -0.132. The third-order valence-electron chi connectivity index (χ3n) is 3.28. The number of piperidine rings is 1. The van der Waals surface area contributed by atoms with Crippen LogP contribution < -0.4 is 0 Å². The van der Waals surface area contributed by atoms with Crippen molar-refractivity contribution < 1.29 is 9.90 Å². The van der Waals surface area contributed by atoms with Gasteiger partial charge in [0.05, 0.1) is 0 Å². The lowest BCUT2D eigenvalue weighted by Crippen LogP contribution is -2.33. The molecule has 1 rings (SSSR count). The molecule has 0 spiro atoms. The molecule has 0 aliphatic carbocycles. The van der Waals surface area contributed by atoms with E-state index in [0.29, 0.717) is 5.57 Å². The summed E-state index contributed by atoms with van der Waals surface area (Å²) in [5, 5.41) is 8.70. The summed E-state index contributed by atoms with van der Waals surface area (Å²) in [6, 6.07) is 0. The highest BCUT2D eigenvalue weighted by molar-refractivity contribution is 5.85. The highest BCUT2D eigenvalue weighted by atomic mass is 16.4. The Morgan fingerprint density at radius 3 is 2.53 bits per heavy atom. The predicted molar refractivity (Wildman–Crippen MR) is 60.8 cm³/mol. The number of hydrogen-bond acceptors (Lipinski definition) is 2. The number of carbonyl (C=O) groups is 1. The number of rotatable bonds is 4. The number of aliphatic carboxylic acids is 1. The minimum Gasteiger partial charge on any atom is -0.478 e. The molecule has 3 nitrogen and oxygen atoms in total. The van der Waals surface area contributed by atoms with E-state index < -0.39 is 5.97 Å². The fourth-order valence-corrected chi connectivity index (χ4v) is 1.93. The third-order valence-corrected chi connectivity index (χ3v) is 3.28. The zero-order chi connectivity index (χ0) is 11.3. The molecule has 0 atom stereocenters. The largest absolute Gasteiger partial charge is 0.478 e. The molecular weight excluding hydrogens is 190 g/mol. The van der Waals surface area contributed by atoms with Gasteiger partial charge in [-0.25, -0.2) is 4.79 Å². The van der Waals surface area contributed by atoms with Crippen molar-refractivity contribution in [3.8, 4) is 0 Å². The lowest BCUT2D eigenvalue weighted by Gasteiger charge is -2.30. The summed E-state index contributed by atoms with van der Waals surface area (Å²) in [6.07, 6.45) is 5.61.